The Bertz CT molecular complexity index is 341. The van der Waals surface area contributed by atoms with Crippen LogP contribution in [0.3, 0.4) is 0 Å². The van der Waals surface area contributed by atoms with E-state index in [0.717, 1.165) is 0 Å². The van der Waals surface area contributed by atoms with Crippen molar-refractivity contribution < 1.29 is 55.4 Å². The molecule has 0 aliphatic carbocycles. The third-order valence-electron chi connectivity index (χ3n) is 3.62. The van der Waals surface area contributed by atoms with Crippen molar-refractivity contribution in [3.63, 3.8) is 0 Å². The first kappa shape index (κ1) is 20.6. The molecule has 9 atom stereocenters. The molecule has 4 unspecified atom stereocenters. The van der Waals surface area contributed by atoms with Crippen molar-refractivity contribution >= 4 is 0 Å². The van der Waals surface area contributed by atoms with E-state index in [0.29, 0.717) is 0 Å². The zero-order valence-corrected chi connectivity index (χ0v) is 12.2. The molecule has 9 N–H and O–H groups in total. The van der Waals surface area contributed by atoms with Gasteiger partial charge in [0.2, 0.25) is 0 Å². The smallest absolute Gasteiger partial charge is 0.187 e. The summed E-state index contributed by atoms with van der Waals surface area (Å²) in [6, 6.07) is 0. The Morgan fingerprint density at radius 2 is 1.39 bits per heavy atom. The maximum atomic E-state index is 9.83. The number of hydrogen-bond acceptors (Lipinski definition) is 11. The lowest BCUT2D eigenvalue weighted by atomic mass is 9.98. The molecule has 23 heavy (non-hydrogen) atoms. The van der Waals surface area contributed by atoms with Crippen molar-refractivity contribution in [2.75, 3.05) is 19.8 Å². The fraction of sp³-hybridized carbons (Fsp3) is 1.00. The minimum Gasteiger partial charge on any atom is -0.394 e. The molecule has 0 aromatic heterocycles. The SMILES string of the molecule is OCC(O)C(O)C(O[C@H]1O[C@H](CO)[C@@H](O)[C@H](O)[C@H]1O)C(O)CO. The Morgan fingerprint density at radius 1 is 0.826 bits per heavy atom. The second-order valence-corrected chi connectivity index (χ2v) is 5.29. The molecule has 0 aromatic carbocycles. The highest BCUT2D eigenvalue weighted by Crippen LogP contribution is 2.24. The van der Waals surface area contributed by atoms with Gasteiger partial charge in [-0.2, -0.15) is 0 Å². The van der Waals surface area contributed by atoms with E-state index in [1.807, 2.05) is 0 Å². The van der Waals surface area contributed by atoms with Crippen LogP contribution < -0.4 is 0 Å². The second kappa shape index (κ2) is 9.15. The van der Waals surface area contributed by atoms with Crippen LogP contribution >= 0.6 is 0 Å². The van der Waals surface area contributed by atoms with Gasteiger partial charge in [0.05, 0.1) is 19.8 Å². The lowest BCUT2D eigenvalue weighted by Crippen LogP contribution is -2.61. The summed E-state index contributed by atoms with van der Waals surface area (Å²) in [7, 11) is 0. The zero-order chi connectivity index (χ0) is 17.7. The van der Waals surface area contributed by atoms with E-state index in [4.69, 9.17) is 24.8 Å². The van der Waals surface area contributed by atoms with Gasteiger partial charge in [-0.25, -0.2) is 0 Å². The minimum atomic E-state index is -1.85. The summed E-state index contributed by atoms with van der Waals surface area (Å²) >= 11 is 0. The fourth-order valence-corrected chi connectivity index (χ4v) is 2.16. The van der Waals surface area contributed by atoms with Gasteiger partial charge in [0.1, 0.15) is 48.8 Å². The highest BCUT2D eigenvalue weighted by atomic mass is 16.7. The predicted octanol–water partition coefficient (Wildman–Crippen LogP) is -5.76. The van der Waals surface area contributed by atoms with E-state index < -0.39 is 74.9 Å². The summed E-state index contributed by atoms with van der Waals surface area (Å²) in [5.41, 5.74) is 0. The Hall–Kier alpha value is -0.440. The number of rotatable bonds is 8. The molecule has 0 amide bonds. The number of ether oxygens (including phenoxy) is 2. The molecule has 0 saturated carbocycles. The summed E-state index contributed by atoms with van der Waals surface area (Å²) in [5, 5.41) is 84.9. The zero-order valence-electron chi connectivity index (χ0n) is 12.2. The average molecular weight is 344 g/mol. The maximum Gasteiger partial charge on any atom is 0.187 e. The van der Waals surface area contributed by atoms with E-state index in [1.54, 1.807) is 0 Å². The van der Waals surface area contributed by atoms with E-state index in [-0.39, 0.29) is 0 Å². The maximum absolute atomic E-state index is 9.83. The molecule has 1 aliphatic rings. The molecule has 1 heterocycles. The number of hydrogen-bond donors (Lipinski definition) is 9. The molecule has 0 radical (unpaired) electrons. The van der Waals surface area contributed by atoms with Crippen LogP contribution in [0.25, 0.3) is 0 Å². The van der Waals surface area contributed by atoms with Crippen LogP contribution in [0.4, 0.5) is 0 Å². The number of aliphatic hydroxyl groups excluding tert-OH is 9. The van der Waals surface area contributed by atoms with Crippen LogP contribution in [0, 0.1) is 0 Å². The van der Waals surface area contributed by atoms with Crippen molar-refractivity contribution in [2.24, 2.45) is 0 Å². The molecule has 11 heteroatoms. The lowest BCUT2D eigenvalue weighted by molar-refractivity contribution is -0.327. The third-order valence-corrected chi connectivity index (χ3v) is 3.62. The molecule has 0 aromatic rings. The van der Waals surface area contributed by atoms with Crippen LogP contribution in [0.5, 0.6) is 0 Å². The van der Waals surface area contributed by atoms with Crippen LogP contribution in [0.2, 0.25) is 0 Å². The molecule has 0 spiro atoms. The Kier molecular flexibility index (Phi) is 8.20. The Morgan fingerprint density at radius 3 is 1.87 bits per heavy atom. The first-order chi connectivity index (χ1) is 10.8. The molecule has 138 valence electrons. The van der Waals surface area contributed by atoms with Crippen LogP contribution in [0.15, 0.2) is 0 Å². The molecule has 11 nitrogen and oxygen atoms in total. The van der Waals surface area contributed by atoms with Crippen molar-refractivity contribution in [3.8, 4) is 0 Å². The molecule has 1 aliphatic heterocycles. The fourth-order valence-electron chi connectivity index (χ4n) is 2.16. The van der Waals surface area contributed by atoms with Crippen LogP contribution in [-0.4, -0.2) is 121 Å². The van der Waals surface area contributed by atoms with Crippen molar-refractivity contribution in [1.29, 1.82) is 0 Å². The summed E-state index contributed by atoms with van der Waals surface area (Å²) in [5.74, 6) is 0. The second-order valence-electron chi connectivity index (χ2n) is 5.29. The van der Waals surface area contributed by atoms with E-state index >= 15 is 0 Å². The topological polar surface area (TPSA) is 201 Å². The first-order valence-corrected chi connectivity index (χ1v) is 7.00. The minimum absolute atomic E-state index is 0.708. The molecule has 1 saturated heterocycles. The number of aliphatic hydroxyl groups is 9. The van der Waals surface area contributed by atoms with Crippen molar-refractivity contribution in [1.82, 2.24) is 0 Å². The first-order valence-electron chi connectivity index (χ1n) is 7.00. The molecule has 0 bridgehead atoms. The van der Waals surface area contributed by atoms with E-state index in [2.05, 4.69) is 0 Å². The molecular weight excluding hydrogens is 320 g/mol. The van der Waals surface area contributed by atoms with Gasteiger partial charge in [0, 0.05) is 0 Å². The Labute approximate surface area is 131 Å². The van der Waals surface area contributed by atoms with Gasteiger partial charge in [-0.15, -0.1) is 0 Å². The van der Waals surface area contributed by atoms with E-state index in [9.17, 15) is 30.6 Å². The van der Waals surface area contributed by atoms with Gasteiger partial charge in [-0.1, -0.05) is 0 Å². The quantitative estimate of drug-likeness (QED) is 0.203. The Balaban J connectivity index is 2.89. The standard InChI is InChI=1S/C12H24O11/c13-1-4(16)7(18)11(5(17)2-14)23-12-10(21)9(20)8(19)6(3-15)22-12/h4-21H,1-3H2/t4?,5?,6-,7?,8-,9+,10-,11?,12-/m1/s1. The van der Waals surface area contributed by atoms with Gasteiger partial charge >= 0.3 is 0 Å². The largest absolute Gasteiger partial charge is 0.394 e. The van der Waals surface area contributed by atoms with Gasteiger partial charge in [-0.3, -0.25) is 0 Å². The molecular formula is C12H24O11. The predicted molar refractivity (Wildman–Crippen MR) is 70.8 cm³/mol. The average Bonchev–Trinajstić information content (AvgIpc) is 2.57. The third kappa shape index (κ3) is 4.78. The van der Waals surface area contributed by atoms with Gasteiger partial charge in [0.25, 0.3) is 0 Å². The van der Waals surface area contributed by atoms with Gasteiger partial charge < -0.3 is 55.4 Å². The van der Waals surface area contributed by atoms with Crippen LogP contribution in [0.1, 0.15) is 0 Å². The highest BCUT2D eigenvalue weighted by molar-refractivity contribution is 4.91. The normalized spacial score (nSPS) is 37.2. The highest BCUT2D eigenvalue weighted by Gasteiger charge is 2.46. The van der Waals surface area contributed by atoms with Crippen molar-refractivity contribution in [2.45, 2.75) is 55.1 Å². The van der Waals surface area contributed by atoms with Crippen molar-refractivity contribution in [3.05, 3.63) is 0 Å². The summed E-state index contributed by atoms with van der Waals surface area (Å²) in [6.45, 7) is -2.45. The van der Waals surface area contributed by atoms with Crippen LogP contribution in [-0.2, 0) is 9.47 Å². The lowest BCUT2D eigenvalue weighted by Gasteiger charge is -2.42. The summed E-state index contributed by atoms with van der Waals surface area (Å²) in [6.07, 6.45) is -15.1. The molecule has 1 rings (SSSR count). The summed E-state index contributed by atoms with van der Waals surface area (Å²) < 4.78 is 10.1. The molecule has 1 fully saturated rings. The monoisotopic (exact) mass is 344 g/mol. The van der Waals surface area contributed by atoms with Gasteiger partial charge in [-0.05, 0) is 0 Å². The van der Waals surface area contributed by atoms with Gasteiger partial charge in [0.15, 0.2) is 6.29 Å². The summed E-state index contributed by atoms with van der Waals surface area (Å²) in [4.78, 5) is 0. The van der Waals surface area contributed by atoms with E-state index in [1.165, 1.54) is 0 Å².